The molecule has 0 saturated heterocycles. The van der Waals surface area contributed by atoms with Gasteiger partial charge in [0.15, 0.2) is 0 Å². The van der Waals surface area contributed by atoms with E-state index in [2.05, 4.69) is 23.8 Å². The van der Waals surface area contributed by atoms with Crippen LogP contribution < -0.4 is 5.73 Å². The zero-order valence-corrected chi connectivity index (χ0v) is 10.1. The number of hydrogen-bond acceptors (Lipinski definition) is 3. The van der Waals surface area contributed by atoms with Gasteiger partial charge in [0.05, 0.1) is 11.2 Å². The first-order valence-corrected chi connectivity index (χ1v) is 5.65. The van der Waals surface area contributed by atoms with Gasteiger partial charge in [-0.15, -0.1) is 0 Å². The maximum atomic E-state index is 5.90. The molecule has 1 heterocycles. The quantitative estimate of drug-likeness (QED) is 0.643. The highest BCUT2D eigenvalue weighted by molar-refractivity contribution is 6.28. The van der Waals surface area contributed by atoms with Gasteiger partial charge in [0.25, 0.3) is 0 Å². The van der Waals surface area contributed by atoms with E-state index in [4.69, 9.17) is 17.3 Å². The van der Waals surface area contributed by atoms with Gasteiger partial charge in [-0.05, 0) is 42.1 Å². The van der Waals surface area contributed by atoms with Crippen molar-refractivity contribution in [2.75, 3.05) is 5.73 Å². The third-order valence-corrected chi connectivity index (χ3v) is 2.54. The van der Waals surface area contributed by atoms with E-state index < -0.39 is 0 Å². The molecular formula is C12H14ClN3. The second-order valence-corrected chi connectivity index (χ2v) is 4.65. The fraction of sp³-hybridized carbons (Fsp3) is 0.333. The monoisotopic (exact) mass is 235 g/mol. The van der Waals surface area contributed by atoms with Crippen LogP contribution in [0.1, 0.15) is 19.5 Å². The second-order valence-electron chi connectivity index (χ2n) is 4.31. The van der Waals surface area contributed by atoms with Crippen molar-refractivity contribution in [3.05, 3.63) is 29.2 Å². The average molecular weight is 236 g/mol. The maximum Gasteiger partial charge on any atom is 0.223 e. The summed E-state index contributed by atoms with van der Waals surface area (Å²) < 4.78 is 0. The van der Waals surface area contributed by atoms with Crippen LogP contribution in [-0.2, 0) is 6.42 Å². The Morgan fingerprint density at radius 1 is 1.31 bits per heavy atom. The lowest BCUT2D eigenvalue weighted by molar-refractivity contribution is 0.638. The average Bonchev–Trinajstić information content (AvgIpc) is 2.15. The molecule has 2 rings (SSSR count). The van der Waals surface area contributed by atoms with Crippen molar-refractivity contribution >= 4 is 28.2 Å². The van der Waals surface area contributed by atoms with E-state index in [0.717, 1.165) is 23.0 Å². The van der Waals surface area contributed by atoms with Gasteiger partial charge < -0.3 is 5.73 Å². The van der Waals surface area contributed by atoms with Crippen molar-refractivity contribution in [2.45, 2.75) is 20.3 Å². The molecule has 2 N–H and O–H groups in total. The van der Waals surface area contributed by atoms with Crippen LogP contribution >= 0.6 is 11.6 Å². The topological polar surface area (TPSA) is 51.8 Å². The van der Waals surface area contributed by atoms with Crippen molar-refractivity contribution in [3.63, 3.8) is 0 Å². The molecule has 2 aromatic rings. The molecule has 3 nitrogen and oxygen atoms in total. The Morgan fingerprint density at radius 2 is 2.06 bits per heavy atom. The molecule has 0 bridgehead atoms. The Hall–Kier alpha value is -1.35. The summed E-state index contributed by atoms with van der Waals surface area (Å²) in [6, 6.07) is 5.65. The molecule has 0 fully saturated rings. The predicted molar refractivity (Wildman–Crippen MR) is 67.5 cm³/mol. The molecule has 0 unspecified atom stereocenters. The molecule has 0 atom stereocenters. The van der Waals surface area contributed by atoms with Crippen molar-refractivity contribution in [2.24, 2.45) is 5.92 Å². The molecule has 84 valence electrons. The molecular weight excluding hydrogens is 222 g/mol. The highest BCUT2D eigenvalue weighted by atomic mass is 35.5. The molecule has 16 heavy (non-hydrogen) atoms. The van der Waals surface area contributed by atoms with Gasteiger partial charge in [-0.25, -0.2) is 9.97 Å². The van der Waals surface area contributed by atoms with Gasteiger partial charge in [0.1, 0.15) is 0 Å². The minimum absolute atomic E-state index is 0.286. The SMILES string of the molecule is CC(C)Cc1nc(Cl)nc2cc(N)ccc12. The molecule has 0 radical (unpaired) electrons. The fourth-order valence-electron chi connectivity index (χ4n) is 1.72. The summed E-state index contributed by atoms with van der Waals surface area (Å²) in [5.41, 5.74) is 8.22. The molecule has 0 saturated carbocycles. The van der Waals surface area contributed by atoms with Crippen LogP contribution in [0, 0.1) is 5.92 Å². The number of benzene rings is 1. The highest BCUT2D eigenvalue weighted by Gasteiger charge is 2.08. The molecule has 0 aliphatic heterocycles. The molecule has 1 aromatic carbocycles. The van der Waals surface area contributed by atoms with E-state index in [1.165, 1.54) is 0 Å². The lowest BCUT2D eigenvalue weighted by atomic mass is 10.0. The van der Waals surface area contributed by atoms with Crippen molar-refractivity contribution in [1.29, 1.82) is 0 Å². The third-order valence-electron chi connectivity index (χ3n) is 2.37. The first kappa shape index (κ1) is 11.1. The number of halogens is 1. The molecule has 1 aromatic heterocycles. The van der Waals surface area contributed by atoms with E-state index in [1.807, 2.05) is 18.2 Å². The fourth-order valence-corrected chi connectivity index (χ4v) is 1.92. The lowest BCUT2D eigenvalue weighted by Crippen LogP contribution is -2.01. The van der Waals surface area contributed by atoms with Crippen LogP contribution in [0.25, 0.3) is 10.9 Å². The molecule has 0 aliphatic carbocycles. The predicted octanol–water partition coefficient (Wildman–Crippen LogP) is 3.06. The summed E-state index contributed by atoms with van der Waals surface area (Å²) in [5, 5.41) is 1.32. The van der Waals surface area contributed by atoms with Gasteiger partial charge in [-0.3, -0.25) is 0 Å². The Balaban J connectivity index is 2.63. The summed E-state index contributed by atoms with van der Waals surface area (Å²) >= 11 is 5.90. The Morgan fingerprint density at radius 3 is 2.75 bits per heavy atom. The number of rotatable bonds is 2. The maximum absolute atomic E-state index is 5.90. The smallest absolute Gasteiger partial charge is 0.223 e. The number of nitrogens with zero attached hydrogens (tertiary/aromatic N) is 2. The number of hydrogen-bond donors (Lipinski definition) is 1. The molecule has 4 heteroatoms. The summed E-state index contributed by atoms with van der Waals surface area (Å²) in [4.78, 5) is 8.46. The van der Waals surface area contributed by atoms with Crippen molar-refractivity contribution in [3.8, 4) is 0 Å². The van der Waals surface area contributed by atoms with Crippen LogP contribution in [0.3, 0.4) is 0 Å². The first-order valence-electron chi connectivity index (χ1n) is 5.28. The Labute approximate surface area is 99.7 Å². The first-order chi connectivity index (χ1) is 7.56. The van der Waals surface area contributed by atoms with Gasteiger partial charge in [-0.1, -0.05) is 13.8 Å². The lowest BCUT2D eigenvalue weighted by Gasteiger charge is -2.08. The second kappa shape index (κ2) is 4.26. The van der Waals surface area contributed by atoms with E-state index in [-0.39, 0.29) is 5.28 Å². The van der Waals surface area contributed by atoms with Crippen LogP contribution in [0.4, 0.5) is 5.69 Å². The number of fused-ring (bicyclic) bond motifs is 1. The van der Waals surface area contributed by atoms with E-state index in [1.54, 1.807) is 0 Å². The number of nitrogen functional groups attached to an aromatic ring is 1. The summed E-state index contributed by atoms with van der Waals surface area (Å²) in [6.07, 6.45) is 0.892. The summed E-state index contributed by atoms with van der Waals surface area (Å²) in [7, 11) is 0. The van der Waals surface area contributed by atoms with Crippen LogP contribution in [-0.4, -0.2) is 9.97 Å². The zero-order valence-electron chi connectivity index (χ0n) is 9.37. The van der Waals surface area contributed by atoms with E-state index in [0.29, 0.717) is 11.6 Å². The Bertz CT molecular complexity index is 518. The van der Waals surface area contributed by atoms with Gasteiger partial charge in [-0.2, -0.15) is 0 Å². The normalized spacial score (nSPS) is 11.2. The minimum Gasteiger partial charge on any atom is -0.399 e. The minimum atomic E-state index is 0.286. The number of nitrogens with two attached hydrogens (primary N) is 1. The molecule has 0 spiro atoms. The number of aromatic nitrogens is 2. The number of anilines is 1. The van der Waals surface area contributed by atoms with Gasteiger partial charge in [0, 0.05) is 11.1 Å². The standard InChI is InChI=1S/C12H14ClN3/c1-7(2)5-10-9-4-3-8(14)6-11(9)16-12(13)15-10/h3-4,6-7H,5,14H2,1-2H3. The van der Waals surface area contributed by atoms with E-state index in [9.17, 15) is 0 Å². The van der Waals surface area contributed by atoms with Gasteiger partial charge in [0.2, 0.25) is 5.28 Å². The largest absolute Gasteiger partial charge is 0.399 e. The Kier molecular flexibility index (Phi) is 2.97. The molecule has 0 aliphatic rings. The summed E-state index contributed by atoms with van der Waals surface area (Å²) in [6.45, 7) is 4.30. The molecule has 0 amide bonds. The van der Waals surface area contributed by atoms with Crippen molar-refractivity contribution < 1.29 is 0 Å². The highest BCUT2D eigenvalue weighted by Crippen LogP contribution is 2.22. The van der Waals surface area contributed by atoms with Crippen LogP contribution in [0.5, 0.6) is 0 Å². The van der Waals surface area contributed by atoms with E-state index >= 15 is 0 Å². The van der Waals surface area contributed by atoms with Gasteiger partial charge >= 0.3 is 0 Å². The third kappa shape index (κ3) is 2.25. The van der Waals surface area contributed by atoms with Crippen LogP contribution in [0.2, 0.25) is 5.28 Å². The zero-order chi connectivity index (χ0) is 11.7. The van der Waals surface area contributed by atoms with Crippen LogP contribution in [0.15, 0.2) is 18.2 Å². The van der Waals surface area contributed by atoms with Crippen molar-refractivity contribution in [1.82, 2.24) is 9.97 Å². The summed E-state index contributed by atoms with van der Waals surface area (Å²) in [5.74, 6) is 0.534.